The lowest BCUT2D eigenvalue weighted by molar-refractivity contribution is -0.387. The highest BCUT2D eigenvalue weighted by Gasteiger charge is 2.31. The van der Waals surface area contributed by atoms with Crippen molar-refractivity contribution in [2.45, 2.75) is 37.6 Å². The van der Waals surface area contributed by atoms with Gasteiger partial charge in [-0.25, -0.2) is 0 Å². The van der Waals surface area contributed by atoms with Crippen LogP contribution in [0.5, 0.6) is 0 Å². The summed E-state index contributed by atoms with van der Waals surface area (Å²) in [4.78, 5) is 9.98. The maximum atomic E-state index is 13.2. The van der Waals surface area contributed by atoms with Crippen LogP contribution in [0.1, 0.15) is 37.7 Å². The molecule has 1 aromatic rings. The number of hydrogen-bond acceptors (Lipinski definition) is 3. The Hall–Kier alpha value is -1.49. The SMILES string of the molecule is NC1(c2ccc(F)c([N+](=O)[O-])c2)CCCCC1. The van der Waals surface area contributed by atoms with Gasteiger partial charge >= 0.3 is 5.69 Å². The molecule has 0 aliphatic heterocycles. The monoisotopic (exact) mass is 238 g/mol. The largest absolute Gasteiger partial charge is 0.321 e. The number of nitro groups is 1. The normalized spacial score (nSPS) is 18.9. The number of nitrogens with zero attached hydrogens (tertiary/aromatic N) is 1. The minimum atomic E-state index is -0.807. The van der Waals surface area contributed by atoms with E-state index in [1.165, 1.54) is 6.07 Å². The Morgan fingerprint density at radius 2 is 1.94 bits per heavy atom. The van der Waals surface area contributed by atoms with Gasteiger partial charge in [0.1, 0.15) is 0 Å². The smallest absolute Gasteiger partial charge is 0.305 e. The van der Waals surface area contributed by atoms with Gasteiger partial charge in [-0.05, 0) is 24.5 Å². The summed E-state index contributed by atoms with van der Waals surface area (Å²) < 4.78 is 13.2. The highest BCUT2D eigenvalue weighted by Crippen LogP contribution is 2.36. The van der Waals surface area contributed by atoms with Crippen molar-refractivity contribution in [1.82, 2.24) is 0 Å². The third-order valence-electron chi connectivity index (χ3n) is 3.46. The average molecular weight is 238 g/mol. The minimum absolute atomic E-state index is 0.488. The molecule has 2 N–H and O–H groups in total. The predicted octanol–water partition coefficient (Wildman–Crippen LogP) is 2.85. The van der Waals surface area contributed by atoms with E-state index in [-0.39, 0.29) is 0 Å². The number of benzene rings is 1. The number of nitrogens with two attached hydrogens (primary N) is 1. The zero-order chi connectivity index (χ0) is 12.5. The first-order valence-corrected chi connectivity index (χ1v) is 5.76. The van der Waals surface area contributed by atoms with Gasteiger partial charge in [0.05, 0.1) is 4.92 Å². The van der Waals surface area contributed by atoms with Crippen LogP contribution in [0.2, 0.25) is 0 Å². The molecular weight excluding hydrogens is 223 g/mol. The highest BCUT2D eigenvalue weighted by molar-refractivity contribution is 5.39. The van der Waals surface area contributed by atoms with E-state index in [0.29, 0.717) is 5.56 Å². The van der Waals surface area contributed by atoms with Crippen molar-refractivity contribution >= 4 is 5.69 Å². The van der Waals surface area contributed by atoms with Crippen LogP contribution < -0.4 is 5.73 Å². The Kier molecular flexibility index (Phi) is 3.11. The Morgan fingerprint density at radius 3 is 2.53 bits per heavy atom. The van der Waals surface area contributed by atoms with Gasteiger partial charge in [0.15, 0.2) is 0 Å². The topological polar surface area (TPSA) is 69.2 Å². The van der Waals surface area contributed by atoms with Crippen LogP contribution in [0.25, 0.3) is 0 Å². The van der Waals surface area contributed by atoms with E-state index in [9.17, 15) is 14.5 Å². The molecule has 0 amide bonds. The fourth-order valence-electron chi connectivity index (χ4n) is 2.43. The van der Waals surface area contributed by atoms with Crippen LogP contribution in [0, 0.1) is 15.9 Å². The van der Waals surface area contributed by atoms with Gasteiger partial charge in [-0.1, -0.05) is 25.3 Å². The zero-order valence-electron chi connectivity index (χ0n) is 9.49. The van der Waals surface area contributed by atoms with E-state index in [1.807, 2.05) is 0 Å². The molecule has 1 saturated carbocycles. The lowest BCUT2D eigenvalue weighted by Crippen LogP contribution is -2.38. The maximum absolute atomic E-state index is 13.2. The molecule has 0 radical (unpaired) electrons. The van der Waals surface area contributed by atoms with Gasteiger partial charge in [-0.15, -0.1) is 0 Å². The molecule has 4 nitrogen and oxygen atoms in total. The summed E-state index contributed by atoms with van der Waals surface area (Å²) in [6.07, 6.45) is 4.77. The summed E-state index contributed by atoms with van der Waals surface area (Å²) in [5.41, 5.74) is 5.91. The maximum Gasteiger partial charge on any atom is 0.305 e. The molecule has 0 spiro atoms. The van der Waals surface area contributed by atoms with Crippen LogP contribution in [-0.4, -0.2) is 4.92 Å². The summed E-state index contributed by atoms with van der Waals surface area (Å²) in [5.74, 6) is -0.807. The second kappa shape index (κ2) is 4.41. The third-order valence-corrected chi connectivity index (χ3v) is 3.46. The first kappa shape index (κ1) is 12.0. The molecule has 1 fully saturated rings. The van der Waals surface area contributed by atoms with E-state index in [2.05, 4.69) is 0 Å². The van der Waals surface area contributed by atoms with Crippen LogP contribution in [-0.2, 0) is 5.54 Å². The van der Waals surface area contributed by atoms with Crippen LogP contribution >= 0.6 is 0 Å². The van der Waals surface area contributed by atoms with E-state index in [1.54, 1.807) is 6.07 Å². The van der Waals surface area contributed by atoms with Crippen molar-refractivity contribution in [3.63, 3.8) is 0 Å². The highest BCUT2D eigenvalue weighted by atomic mass is 19.1. The van der Waals surface area contributed by atoms with Crippen LogP contribution in [0.15, 0.2) is 18.2 Å². The fraction of sp³-hybridized carbons (Fsp3) is 0.500. The Labute approximate surface area is 98.8 Å². The Bertz CT molecular complexity index is 442. The number of halogens is 1. The Morgan fingerprint density at radius 1 is 1.29 bits per heavy atom. The van der Waals surface area contributed by atoms with Crippen molar-refractivity contribution in [3.8, 4) is 0 Å². The fourth-order valence-corrected chi connectivity index (χ4v) is 2.43. The van der Waals surface area contributed by atoms with Crippen molar-refractivity contribution in [2.24, 2.45) is 5.73 Å². The first-order chi connectivity index (χ1) is 8.03. The molecule has 92 valence electrons. The zero-order valence-corrected chi connectivity index (χ0v) is 9.49. The van der Waals surface area contributed by atoms with Crippen LogP contribution in [0.4, 0.5) is 10.1 Å². The molecule has 5 heteroatoms. The minimum Gasteiger partial charge on any atom is -0.321 e. The predicted molar refractivity (Wildman–Crippen MR) is 62.0 cm³/mol. The molecule has 0 heterocycles. The molecule has 1 aromatic carbocycles. The van der Waals surface area contributed by atoms with E-state index >= 15 is 0 Å². The van der Waals surface area contributed by atoms with Crippen molar-refractivity contribution in [1.29, 1.82) is 0 Å². The summed E-state index contributed by atoms with van der Waals surface area (Å²) >= 11 is 0. The van der Waals surface area contributed by atoms with Gasteiger partial charge in [0.2, 0.25) is 5.82 Å². The molecule has 17 heavy (non-hydrogen) atoms. The second-order valence-electron chi connectivity index (χ2n) is 4.64. The number of hydrogen-bond donors (Lipinski definition) is 1. The van der Waals surface area contributed by atoms with Gasteiger partial charge in [-0.3, -0.25) is 10.1 Å². The van der Waals surface area contributed by atoms with E-state index < -0.39 is 22.0 Å². The summed E-state index contributed by atoms with van der Waals surface area (Å²) in [7, 11) is 0. The molecule has 2 rings (SSSR count). The van der Waals surface area contributed by atoms with E-state index in [0.717, 1.165) is 38.2 Å². The second-order valence-corrected chi connectivity index (χ2v) is 4.64. The quantitative estimate of drug-likeness (QED) is 0.636. The molecular formula is C12H15FN2O2. The third kappa shape index (κ3) is 2.29. The van der Waals surface area contributed by atoms with Gasteiger partial charge in [0, 0.05) is 11.6 Å². The molecule has 0 bridgehead atoms. The molecule has 1 aliphatic rings. The summed E-state index contributed by atoms with van der Waals surface area (Å²) in [6, 6.07) is 3.98. The first-order valence-electron chi connectivity index (χ1n) is 5.76. The van der Waals surface area contributed by atoms with Crippen molar-refractivity contribution in [2.75, 3.05) is 0 Å². The van der Waals surface area contributed by atoms with Gasteiger partial charge < -0.3 is 5.73 Å². The number of nitro benzene ring substituents is 1. The van der Waals surface area contributed by atoms with E-state index in [4.69, 9.17) is 5.73 Å². The molecule has 0 saturated heterocycles. The summed E-state index contributed by atoms with van der Waals surface area (Å²) in [6.45, 7) is 0. The van der Waals surface area contributed by atoms with Crippen LogP contribution in [0.3, 0.4) is 0 Å². The average Bonchev–Trinajstić information content (AvgIpc) is 2.30. The van der Waals surface area contributed by atoms with Gasteiger partial charge in [-0.2, -0.15) is 4.39 Å². The number of rotatable bonds is 2. The molecule has 1 aliphatic carbocycles. The summed E-state index contributed by atoms with van der Waals surface area (Å²) in [5, 5.41) is 10.7. The van der Waals surface area contributed by atoms with Gasteiger partial charge in [0.25, 0.3) is 0 Å². The van der Waals surface area contributed by atoms with Crippen molar-refractivity contribution in [3.05, 3.63) is 39.7 Å². The molecule has 0 unspecified atom stereocenters. The lowest BCUT2D eigenvalue weighted by Gasteiger charge is -2.33. The Balaban J connectivity index is 2.38. The standard InChI is InChI=1S/C12H15FN2O2/c13-10-5-4-9(8-11(10)15(16)17)12(14)6-2-1-3-7-12/h4-5,8H,1-3,6-7,14H2. The molecule has 0 atom stereocenters. The van der Waals surface area contributed by atoms with Crippen molar-refractivity contribution < 1.29 is 9.31 Å². The molecule has 0 aromatic heterocycles. The lowest BCUT2D eigenvalue weighted by atomic mass is 9.77.